The van der Waals surface area contributed by atoms with Gasteiger partial charge < -0.3 is 9.47 Å². The van der Waals surface area contributed by atoms with Crippen LogP contribution < -0.4 is 5.56 Å². The second-order valence-electron chi connectivity index (χ2n) is 8.09. The molecule has 3 heterocycles. The summed E-state index contributed by atoms with van der Waals surface area (Å²) < 4.78 is 3.46. The number of rotatable bonds is 2. The summed E-state index contributed by atoms with van der Waals surface area (Å²) in [4.78, 5) is 30.8. The van der Waals surface area contributed by atoms with Crippen LogP contribution in [0.5, 0.6) is 0 Å². The first-order valence-electron chi connectivity index (χ1n) is 9.07. The molecule has 0 unspecified atom stereocenters. The lowest BCUT2D eigenvalue weighted by molar-refractivity contribution is 0.0510. The van der Waals surface area contributed by atoms with Gasteiger partial charge in [-0.1, -0.05) is 32.9 Å². The first-order valence-corrected chi connectivity index (χ1v) is 9.07. The topological polar surface area (TPSA) is 73.0 Å². The molecular weight excluding hydrogens is 342 g/mol. The molecule has 1 amide bonds. The molecule has 1 aromatic carbocycles. The van der Waals surface area contributed by atoms with Crippen LogP contribution in [-0.2, 0) is 12.5 Å². The largest absolute Gasteiger partial charge is 0.333 e. The predicted molar refractivity (Wildman–Crippen MR) is 103 cm³/mol. The first-order chi connectivity index (χ1) is 12.8. The van der Waals surface area contributed by atoms with Crippen molar-refractivity contribution in [3.05, 3.63) is 58.3 Å². The molecule has 1 saturated heterocycles. The minimum atomic E-state index is -0.229. The molecular formula is C20H23N5O2. The molecule has 1 fully saturated rings. The summed E-state index contributed by atoms with van der Waals surface area (Å²) in [5, 5.41) is 4.06. The van der Waals surface area contributed by atoms with Crippen LogP contribution >= 0.6 is 0 Å². The van der Waals surface area contributed by atoms with E-state index < -0.39 is 0 Å². The third-order valence-corrected chi connectivity index (χ3v) is 4.96. The van der Waals surface area contributed by atoms with Crippen LogP contribution in [0.25, 0.3) is 11.0 Å². The van der Waals surface area contributed by atoms with Crippen molar-refractivity contribution in [2.24, 2.45) is 7.05 Å². The highest BCUT2D eigenvalue weighted by molar-refractivity contribution is 5.92. The maximum Gasteiger partial charge on any atom is 0.274 e. The number of carbonyl (C=O) groups is 1. The van der Waals surface area contributed by atoms with E-state index in [9.17, 15) is 9.59 Å². The van der Waals surface area contributed by atoms with Crippen LogP contribution in [0, 0.1) is 0 Å². The van der Waals surface area contributed by atoms with Gasteiger partial charge in [0, 0.05) is 31.6 Å². The summed E-state index contributed by atoms with van der Waals surface area (Å²) in [6.45, 7) is 7.67. The number of aromatic nitrogens is 4. The lowest BCUT2D eigenvalue weighted by Gasteiger charge is -2.41. The SMILES string of the molecule is Cn1nc(C(=O)N2CC(n3c(C(C)(C)C)nc4ccccc43)C2)ccc1=O. The molecule has 0 saturated carbocycles. The summed E-state index contributed by atoms with van der Waals surface area (Å²) in [5.41, 5.74) is 2.05. The Morgan fingerprint density at radius 2 is 1.81 bits per heavy atom. The Kier molecular flexibility index (Phi) is 3.91. The third-order valence-electron chi connectivity index (χ3n) is 4.96. The second kappa shape index (κ2) is 6.04. The van der Waals surface area contributed by atoms with E-state index in [1.54, 1.807) is 11.9 Å². The van der Waals surface area contributed by atoms with E-state index in [0.29, 0.717) is 18.8 Å². The smallest absolute Gasteiger partial charge is 0.274 e. The van der Waals surface area contributed by atoms with Crippen molar-refractivity contribution in [2.45, 2.75) is 32.2 Å². The Hall–Kier alpha value is -2.96. The van der Waals surface area contributed by atoms with E-state index >= 15 is 0 Å². The summed E-state index contributed by atoms with van der Waals surface area (Å²) in [6, 6.07) is 11.2. The second-order valence-corrected chi connectivity index (χ2v) is 8.09. The van der Waals surface area contributed by atoms with E-state index in [1.165, 1.54) is 16.8 Å². The van der Waals surface area contributed by atoms with E-state index in [1.807, 2.05) is 18.2 Å². The number of hydrogen-bond donors (Lipinski definition) is 0. The minimum absolute atomic E-state index is 0.0945. The zero-order valence-corrected chi connectivity index (χ0v) is 16.0. The van der Waals surface area contributed by atoms with Crippen molar-refractivity contribution in [1.82, 2.24) is 24.2 Å². The van der Waals surface area contributed by atoms with Crippen molar-refractivity contribution in [2.75, 3.05) is 13.1 Å². The Morgan fingerprint density at radius 3 is 2.48 bits per heavy atom. The van der Waals surface area contributed by atoms with Gasteiger partial charge in [0.25, 0.3) is 11.5 Å². The molecule has 0 radical (unpaired) electrons. The summed E-state index contributed by atoms with van der Waals surface area (Å²) in [6.07, 6.45) is 0. The predicted octanol–water partition coefficient (Wildman–Crippen LogP) is 2.12. The summed E-state index contributed by atoms with van der Waals surface area (Å²) in [5.74, 6) is 0.879. The number of amides is 1. The van der Waals surface area contributed by atoms with Crippen molar-refractivity contribution in [3.63, 3.8) is 0 Å². The van der Waals surface area contributed by atoms with Crippen molar-refractivity contribution in [3.8, 4) is 0 Å². The van der Waals surface area contributed by atoms with Gasteiger partial charge in [-0.2, -0.15) is 5.10 Å². The summed E-state index contributed by atoms with van der Waals surface area (Å²) >= 11 is 0. The van der Waals surface area contributed by atoms with Gasteiger partial charge in [0.15, 0.2) is 0 Å². The first kappa shape index (κ1) is 17.5. The zero-order chi connectivity index (χ0) is 19.3. The maximum absolute atomic E-state index is 12.7. The van der Waals surface area contributed by atoms with Crippen molar-refractivity contribution in [1.29, 1.82) is 0 Å². The number of carbonyl (C=O) groups excluding carboxylic acids is 1. The van der Waals surface area contributed by atoms with Crippen molar-refractivity contribution >= 4 is 16.9 Å². The lowest BCUT2D eigenvalue weighted by Crippen LogP contribution is -2.51. The van der Waals surface area contributed by atoms with Gasteiger partial charge in [0.2, 0.25) is 0 Å². The molecule has 3 aromatic rings. The number of fused-ring (bicyclic) bond motifs is 1. The summed E-state index contributed by atoms with van der Waals surface area (Å²) in [7, 11) is 1.55. The molecule has 4 rings (SSSR count). The molecule has 7 nitrogen and oxygen atoms in total. The average Bonchev–Trinajstić information content (AvgIpc) is 2.96. The fourth-order valence-corrected chi connectivity index (χ4v) is 3.51. The van der Waals surface area contributed by atoms with Gasteiger partial charge in [-0.3, -0.25) is 9.59 Å². The number of nitrogens with zero attached hydrogens (tertiary/aromatic N) is 5. The number of likely N-dealkylation sites (tertiary alicyclic amines) is 1. The zero-order valence-electron chi connectivity index (χ0n) is 16.0. The third kappa shape index (κ3) is 2.93. The number of benzene rings is 1. The highest BCUT2D eigenvalue weighted by Crippen LogP contribution is 2.33. The van der Waals surface area contributed by atoms with Gasteiger partial charge in [0.1, 0.15) is 11.5 Å². The fraction of sp³-hybridized carbons (Fsp3) is 0.400. The van der Waals surface area contributed by atoms with Gasteiger partial charge in [-0.25, -0.2) is 9.67 Å². The van der Waals surface area contributed by atoms with Crippen LogP contribution in [0.15, 0.2) is 41.2 Å². The van der Waals surface area contributed by atoms with Crippen LogP contribution in [-0.4, -0.2) is 43.2 Å². The average molecular weight is 365 g/mol. The van der Waals surface area contributed by atoms with Crippen LogP contribution in [0.1, 0.15) is 43.1 Å². The molecule has 0 spiro atoms. The fourth-order valence-electron chi connectivity index (χ4n) is 3.51. The molecule has 0 atom stereocenters. The van der Waals surface area contributed by atoms with Crippen LogP contribution in [0.4, 0.5) is 0 Å². The number of hydrogen-bond acceptors (Lipinski definition) is 4. The maximum atomic E-state index is 12.7. The van der Waals surface area contributed by atoms with Gasteiger partial charge in [-0.05, 0) is 18.2 Å². The van der Waals surface area contributed by atoms with E-state index in [-0.39, 0.29) is 22.9 Å². The molecule has 27 heavy (non-hydrogen) atoms. The van der Waals surface area contributed by atoms with E-state index in [4.69, 9.17) is 4.98 Å². The Morgan fingerprint density at radius 1 is 1.11 bits per heavy atom. The minimum Gasteiger partial charge on any atom is -0.333 e. The molecule has 7 heteroatoms. The van der Waals surface area contributed by atoms with Gasteiger partial charge >= 0.3 is 0 Å². The molecule has 0 aliphatic carbocycles. The molecule has 0 N–H and O–H groups in total. The highest BCUT2D eigenvalue weighted by Gasteiger charge is 2.37. The molecule has 1 aliphatic rings. The standard InChI is InChI=1S/C20H23N5O2/c1-20(2,3)19-21-14-7-5-6-8-16(14)25(19)13-11-24(12-13)18(27)15-9-10-17(26)23(4)22-15/h5-10,13H,11-12H2,1-4H3. The van der Waals surface area contributed by atoms with E-state index in [2.05, 4.69) is 36.5 Å². The van der Waals surface area contributed by atoms with Gasteiger partial charge in [-0.15, -0.1) is 0 Å². The van der Waals surface area contributed by atoms with E-state index in [0.717, 1.165) is 16.9 Å². The number of imidazole rings is 1. The van der Waals surface area contributed by atoms with Crippen LogP contribution in [0.3, 0.4) is 0 Å². The quantitative estimate of drug-likeness (QED) is 0.697. The van der Waals surface area contributed by atoms with Gasteiger partial charge in [0.05, 0.1) is 17.1 Å². The van der Waals surface area contributed by atoms with Crippen LogP contribution in [0.2, 0.25) is 0 Å². The monoisotopic (exact) mass is 365 g/mol. The normalized spacial score (nSPS) is 15.2. The Balaban J connectivity index is 1.62. The highest BCUT2D eigenvalue weighted by atomic mass is 16.2. The molecule has 2 aromatic heterocycles. The molecule has 140 valence electrons. The Bertz CT molecular complexity index is 1080. The van der Waals surface area contributed by atoms with Crippen molar-refractivity contribution < 1.29 is 4.79 Å². The molecule has 1 aliphatic heterocycles. The Labute approximate surface area is 157 Å². The number of para-hydroxylation sites is 2. The lowest BCUT2D eigenvalue weighted by atomic mass is 9.94. The number of aryl methyl sites for hydroxylation is 1. The molecule has 0 bridgehead atoms.